The number of aromatic nitrogens is 2. The minimum atomic E-state index is -0.368. The van der Waals surface area contributed by atoms with E-state index in [1.165, 1.54) is 0 Å². The van der Waals surface area contributed by atoms with Crippen molar-refractivity contribution in [2.24, 2.45) is 0 Å². The van der Waals surface area contributed by atoms with Crippen molar-refractivity contribution in [2.75, 3.05) is 18.0 Å². The molecule has 0 radical (unpaired) electrons. The zero-order valence-corrected chi connectivity index (χ0v) is 13.8. The van der Waals surface area contributed by atoms with Crippen molar-refractivity contribution in [1.82, 2.24) is 9.97 Å². The lowest BCUT2D eigenvalue weighted by Crippen LogP contribution is -2.42. The van der Waals surface area contributed by atoms with E-state index in [4.69, 9.17) is 0 Å². The van der Waals surface area contributed by atoms with Gasteiger partial charge in [-0.3, -0.25) is 0 Å². The molecule has 118 valence electrons. The Balaban J connectivity index is 1.81. The van der Waals surface area contributed by atoms with Gasteiger partial charge in [0.25, 0.3) is 0 Å². The van der Waals surface area contributed by atoms with Crippen LogP contribution in [0.15, 0.2) is 36.4 Å². The van der Waals surface area contributed by atoms with Gasteiger partial charge in [-0.1, -0.05) is 37.3 Å². The maximum Gasteiger partial charge on any atom is 0.132 e. The topological polar surface area (TPSA) is 52.8 Å². The summed E-state index contributed by atoms with van der Waals surface area (Å²) in [6.07, 6.45) is 2.50. The normalized spacial score (nSPS) is 16.8. The molecule has 0 unspecified atom stereocenters. The van der Waals surface area contributed by atoms with Crippen LogP contribution in [-0.2, 0) is 11.8 Å². The monoisotopic (exact) mass is 306 g/mol. The lowest BCUT2D eigenvalue weighted by atomic mass is 9.74. The quantitative estimate of drug-likeness (QED) is 0.872. The zero-order valence-electron chi connectivity index (χ0n) is 13.8. The van der Waals surface area contributed by atoms with E-state index in [9.17, 15) is 5.26 Å². The Kier molecular flexibility index (Phi) is 4.29. The second-order valence-electron chi connectivity index (χ2n) is 6.18. The predicted octanol–water partition coefficient (Wildman–Crippen LogP) is 3.41. The number of anilines is 1. The third kappa shape index (κ3) is 3.05. The molecule has 0 aliphatic carbocycles. The smallest absolute Gasteiger partial charge is 0.132 e. The third-order valence-corrected chi connectivity index (χ3v) is 4.68. The summed E-state index contributed by atoms with van der Waals surface area (Å²) < 4.78 is 0. The summed E-state index contributed by atoms with van der Waals surface area (Å²) in [7, 11) is 0. The third-order valence-electron chi connectivity index (χ3n) is 4.68. The summed E-state index contributed by atoms with van der Waals surface area (Å²) in [6, 6.07) is 14.8. The molecule has 1 aliphatic rings. The molecular formula is C19H22N4. The Morgan fingerprint density at radius 2 is 1.87 bits per heavy atom. The molecule has 23 heavy (non-hydrogen) atoms. The van der Waals surface area contributed by atoms with Crippen LogP contribution in [0.25, 0.3) is 0 Å². The Hall–Kier alpha value is -2.41. The van der Waals surface area contributed by atoms with Crippen molar-refractivity contribution in [1.29, 1.82) is 5.26 Å². The summed E-state index contributed by atoms with van der Waals surface area (Å²) in [4.78, 5) is 11.4. The molecule has 0 bridgehead atoms. The van der Waals surface area contributed by atoms with Gasteiger partial charge in [-0.2, -0.15) is 5.26 Å². The van der Waals surface area contributed by atoms with E-state index in [0.29, 0.717) is 0 Å². The maximum atomic E-state index is 9.78. The van der Waals surface area contributed by atoms with E-state index in [1.54, 1.807) is 0 Å². The molecular weight excluding hydrogens is 284 g/mol. The number of hydrogen-bond acceptors (Lipinski definition) is 4. The van der Waals surface area contributed by atoms with Gasteiger partial charge in [0.15, 0.2) is 0 Å². The summed E-state index contributed by atoms with van der Waals surface area (Å²) in [5.74, 6) is 1.88. The standard InChI is InChI=1S/C19H22N4/c1-3-17-21-15(2)13-18(22-17)23-11-9-19(14-20,10-12-23)16-7-5-4-6-8-16/h4-8,13H,3,9-12H2,1-2H3. The van der Waals surface area contributed by atoms with E-state index in [1.807, 2.05) is 31.2 Å². The second kappa shape index (κ2) is 6.37. The molecule has 2 aromatic rings. The van der Waals surface area contributed by atoms with Crippen molar-refractivity contribution >= 4 is 5.82 Å². The van der Waals surface area contributed by atoms with Crippen molar-refractivity contribution in [3.8, 4) is 6.07 Å². The SMILES string of the molecule is CCc1nc(C)cc(N2CCC(C#N)(c3ccccc3)CC2)n1. The van der Waals surface area contributed by atoms with Crippen molar-refractivity contribution < 1.29 is 0 Å². The first-order valence-electron chi connectivity index (χ1n) is 8.23. The highest BCUT2D eigenvalue weighted by Crippen LogP contribution is 2.36. The van der Waals surface area contributed by atoms with E-state index >= 15 is 0 Å². The van der Waals surface area contributed by atoms with E-state index in [0.717, 1.165) is 55.3 Å². The van der Waals surface area contributed by atoms with Crippen molar-refractivity contribution in [3.05, 3.63) is 53.5 Å². The number of rotatable bonds is 3. The van der Waals surface area contributed by atoms with Crippen LogP contribution in [0.1, 0.15) is 36.8 Å². The van der Waals surface area contributed by atoms with Gasteiger partial charge in [-0.15, -0.1) is 0 Å². The fourth-order valence-corrected chi connectivity index (χ4v) is 3.27. The summed E-state index contributed by atoms with van der Waals surface area (Å²) >= 11 is 0. The number of benzene rings is 1. The molecule has 1 saturated heterocycles. The van der Waals surface area contributed by atoms with Gasteiger partial charge in [0.1, 0.15) is 11.6 Å². The fraction of sp³-hybridized carbons (Fsp3) is 0.421. The van der Waals surface area contributed by atoms with Crippen LogP contribution in [0.4, 0.5) is 5.82 Å². The van der Waals surface area contributed by atoms with Crippen molar-refractivity contribution in [2.45, 2.75) is 38.5 Å². The van der Waals surface area contributed by atoms with Crippen LogP contribution >= 0.6 is 0 Å². The summed E-state index contributed by atoms with van der Waals surface area (Å²) in [6.45, 7) is 5.78. The average molecular weight is 306 g/mol. The van der Waals surface area contributed by atoms with Gasteiger partial charge in [0.05, 0.1) is 11.5 Å². The molecule has 0 amide bonds. The number of nitrogens with zero attached hydrogens (tertiary/aromatic N) is 4. The van der Waals surface area contributed by atoms with Gasteiger partial charge in [0, 0.05) is 31.3 Å². The molecule has 1 aliphatic heterocycles. The summed E-state index contributed by atoms with van der Waals surface area (Å²) in [5, 5.41) is 9.78. The number of nitriles is 1. The molecule has 3 rings (SSSR count). The number of piperidine rings is 1. The molecule has 0 spiro atoms. The van der Waals surface area contributed by atoms with E-state index < -0.39 is 0 Å². The Morgan fingerprint density at radius 1 is 1.17 bits per heavy atom. The minimum absolute atomic E-state index is 0.368. The largest absolute Gasteiger partial charge is 0.356 e. The van der Waals surface area contributed by atoms with Gasteiger partial charge < -0.3 is 4.90 Å². The van der Waals surface area contributed by atoms with Gasteiger partial charge >= 0.3 is 0 Å². The summed E-state index contributed by atoms with van der Waals surface area (Å²) in [5.41, 5.74) is 1.77. The highest BCUT2D eigenvalue weighted by atomic mass is 15.2. The van der Waals surface area contributed by atoms with Crippen LogP contribution < -0.4 is 4.90 Å². The first kappa shape index (κ1) is 15.5. The molecule has 0 saturated carbocycles. The maximum absolute atomic E-state index is 9.78. The molecule has 1 aromatic heterocycles. The molecule has 0 N–H and O–H groups in total. The molecule has 4 nitrogen and oxygen atoms in total. The Bertz CT molecular complexity index is 710. The number of hydrogen-bond donors (Lipinski definition) is 0. The molecule has 1 aromatic carbocycles. The minimum Gasteiger partial charge on any atom is -0.356 e. The van der Waals surface area contributed by atoms with Crippen LogP contribution in [0.2, 0.25) is 0 Å². The van der Waals surface area contributed by atoms with Crippen LogP contribution in [-0.4, -0.2) is 23.1 Å². The van der Waals surface area contributed by atoms with Gasteiger partial charge in [-0.25, -0.2) is 9.97 Å². The lowest BCUT2D eigenvalue weighted by Gasteiger charge is -2.38. The zero-order chi connectivity index (χ0) is 16.3. The highest BCUT2D eigenvalue weighted by Gasteiger charge is 2.36. The molecule has 0 atom stereocenters. The van der Waals surface area contributed by atoms with Crippen LogP contribution in [0.5, 0.6) is 0 Å². The first-order chi connectivity index (χ1) is 11.2. The average Bonchev–Trinajstić information content (AvgIpc) is 2.62. The van der Waals surface area contributed by atoms with E-state index in [2.05, 4.69) is 40.0 Å². The predicted molar refractivity (Wildman–Crippen MR) is 91.3 cm³/mol. The van der Waals surface area contributed by atoms with Crippen LogP contribution in [0, 0.1) is 18.3 Å². The highest BCUT2D eigenvalue weighted by molar-refractivity contribution is 5.43. The second-order valence-corrected chi connectivity index (χ2v) is 6.18. The molecule has 1 fully saturated rings. The molecule has 2 heterocycles. The molecule has 4 heteroatoms. The fourth-order valence-electron chi connectivity index (χ4n) is 3.27. The van der Waals surface area contributed by atoms with Gasteiger partial charge in [0.2, 0.25) is 0 Å². The number of aryl methyl sites for hydroxylation is 2. The Morgan fingerprint density at radius 3 is 2.48 bits per heavy atom. The van der Waals surface area contributed by atoms with Gasteiger partial charge in [-0.05, 0) is 25.3 Å². The first-order valence-corrected chi connectivity index (χ1v) is 8.23. The van der Waals surface area contributed by atoms with Crippen LogP contribution in [0.3, 0.4) is 0 Å². The van der Waals surface area contributed by atoms with Crippen molar-refractivity contribution in [3.63, 3.8) is 0 Å². The lowest BCUT2D eigenvalue weighted by molar-refractivity contribution is 0.414. The van der Waals surface area contributed by atoms with E-state index in [-0.39, 0.29) is 5.41 Å². The Labute approximate surface area is 137 Å².